The Morgan fingerprint density at radius 2 is 1.90 bits per heavy atom. The highest BCUT2D eigenvalue weighted by Crippen LogP contribution is 2.34. The van der Waals surface area contributed by atoms with Crippen LogP contribution in [0, 0.1) is 6.92 Å². The Morgan fingerprint density at radius 1 is 1.20 bits per heavy atom. The Labute approximate surface area is 172 Å². The Bertz CT molecular complexity index is 1300. The van der Waals surface area contributed by atoms with Crippen LogP contribution in [0.25, 0.3) is 5.69 Å². The summed E-state index contributed by atoms with van der Waals surface area (Å²) in [5, 5.41) is 18.9. The zero-order valence-electron chi connectivity index (χ0n) is 16.0. The zero-order chi connectivity index (χ0) is 22.2. The summed E-state index contributed by atoms with van der Waals surface area (Å²) >= 11 is 6.30. The number of carboxylic acids is 1. The first-order valence-corrected chi connectivity index (χ1v) is 9.01. The maximum atomic E-state index is 12.1. The average Bonchev–Trinajstić information content (AvgIpc) is 2.65. The number of hydrogen-bond donors (Lipinski definition) is 3. The zero-order valence-corrected chi connectivity index (χ0v) is 16.8. The fourth-order valence-corrected chi connectivity index (χ4v) is 2.97. The van der Waals surface area contributed by atoms with Crippen molar-refractivity contribution in [2.75, 3.05) is 0 Å². The Balaban J connectivity index is 2.06. The third-order valence-electron chi connectivity index (χ3n) is 4.13. The average molecular weight is 434 g/mol. The van der Waals surface area contributed by atoms with Gasteiger partial charge >= 0.3 is 11.7 Å². The van der Waals surface area contributed by atoms with Crippen molar-refractivity contribution >= 4 is 17.6 Å². The largest absolute Gasteiger partial charge is 0.476 e. The van der Waals surface area contributed by atoms with Gasteiger partial charge in [0.15, 0.2) is 5.75 Å². The number of carboxylic acid groups (broad SMARTS) is 1. The first-order valence-electron chi connectivity index (χ1n) is 8.63. The number of halogens is 1. The first-order chi connectivity index (χ1) is 14.1. The van der Waals surface area contributed by atoms with Crippen LogP contribution in [0.1, 0.15) is 41.4 Å². The number of nitrogens with one attached hydrogen (secondary N) is 2. The van der Waals surface area contributed by atoms with Crippen molar-refractivity contribution in [3.8, 4) is 17.3 Å². The van der Waals surface area contributed by atoms with Gasteiger partial charge in [0.25, 0.3) is 11.1 Å². The molecule has 156 valence electrons. The van der Waals surface area contributed by atoms with Crippen LogP contribution in [0.5, 0.6) is 11.6 Å². The predicted octanol–water partition coefficient (Wildman–Crippen LogP) is 1.58. The molecule has 30 heavy (non-hydrogen) atoms. The fourth-order valence-electron chi connectivity index (χ4n) is 2.67. The molecule has 3 aromatic rings. The maximum Gasteiger partial charge on any atom is 0.362 e. The van der Waals surface area contributed by atoms with Gasteiger partial charge in [-0.15, -0.1) is 5.10 Å². The standard InChI is InChI=1S/C18H16ClN5O6/c1-7(2)10-6-12(21-22-15(10)25)30-14-8(3)4-9(5-11(14)19)24-18(29)20-16(26)13(23-24)17(27)28/h4-7H,1-3H3,(H,22,25)(H,27,28)(H,20,26,29). The third-order valence-corrected chi connectivity index (χ3v) is 4.41. The topological polar surface area (TPSA) is 160 Å². The van der Waals surface area contributed by atoms with E-state index in [9.17, 15) is 19.2 Å². The number of aryl methyl sites for hydroxylation is 1. The van der Waals surface area contributed by atoms with Gasteiger partial charge in [-0.25, -0.2) is 14.7 Å². The number of H-pyrrole nitrogens is 2. The highest BCUT2D eigenvalue weighted by atomic mass is 35.5. The minimum atomic E-state index is -1.59. The molecule has 11 nitrogen and oxygen atoms in total. The van der Waals surface area contributed by atoms with Crippen LogP contribution in [-0.2, 0) is 0 Å². The highest BCUT2D eigenvalue weighted by Gasteiger charge is 2.18. The van der Waals surface area contributed by atoms with Crippen molar-refractivity contribution < 1.29 is 14.6 Å². The molecule has 0 saturated heterocycles. The van der Waals surface area contributed by atoms with E-state index in [4.69, 9.17) is 21.4 Å². The summed E-state index contributed by atoms with van der Waals surface area (Å²) in [6.45, 7) is 5.33. The van der Waals surface area contributed by atoms with Crippen LogP contribution in [0.3, 0.4) is 0 Å². The number of rotatable bonds is 5. The lowest BCUT2D eigenvalue weighted by molar-refractivity contribution is 0.0685. The van der Waals surface area contributed by atoms with Gasteiger partial charge in [-0.05, 0) is 30.5 Å². The lowest BCUT2D eigenvalue weighted by Gasteiger charge is -2.13. The summed E-state index contributed by atoms with van der Waals surface area (Å²) in [5.41, 5.74) is -2.15. The molecule has 1 aromatic carbocycles. The molecule has 2 heterocycles. The van der Waals surface area contributed by atoms with E-state index in [2.05, 4.69) is 15.3 Å². The third kappa shape index (κ3) is 4.01. The van der Waals surface area contributed by atoms with Crippen molar-refractivity contribution in [2.45, 2.75) is 26.7 Å². The normalized spacial score (nSPS) is 11.0. The maximum absolute atomic E-state index is 12.1. The van der Waals surface area contributed by atoms with Gasteiger partial charge in [0, 0.05) is 11.6 Å². The van der Waals surface area contributed by atoms with Crippen LogP contribution < -0.4 is 21.5 Å². The van der Waals surface area contributed by atoms with Gasteiger partial charge in [0.05, 0.1) is 10.7 Å². The highest BCUT2D eigenvalue weighted by molar-refractivity contribution is 6.32. The first kappa shape index (κ1) is 21.0. The molecule has 0 aliphatic carbocycles. The molecule has 3 N–H and O–H groups in total. The molecule has 0 fully saturated rings. The summed E-state index contributed by atoms with van der Waals surface area (Å²) in [7, 11) is 0. The molecule has 0 spiro atoms. The van der Waals surface area contributed by atoms with Crippen molar-refractivity contribution in [3.63, 3.8) is 0 Å². The number of carbonyl (C=O) groups is 1. The summed E-state index contributed by atoms with van der Waals surface area (Å²) in [6.07, 6.45) is 0. The summed E-state index contributed by atoms with van der Waals surface area (Å²) < 4.78 is 6.43. The second kappa shape index (κ2) is 7.95. The summed E-state index contributed by atoms with van der Waals surface area (Å²) in [5.74, 6) is -1.31. The molecule has 0 aliphatic rings. The molecule has 2 aromatic heterocycles. The van der Waals surface area contributed by atoms with Crippen LogP contribution in [0.15, 0.2) is 32.6 Å². The minimum absolute atomic E-state index is 0.0559. The molecule has 0 bridgehead atoms. The summed E-state index contributed by atoms with van der Waals surface area (Å²) in [4.78, 5) is 48.5. The van der Waals surface area contributed by atoms with Gasteiger partial charge in [-0.2, -0.15) is 9.78 Å². The van der Waals surface area contributed by atoms with Gasteiger partial charge in [-0.3, -0.25) is 14.6 Å². The van der Waals surface area contributed by atoms with E-state index < -0.39 is 22.9 Å². The van der Waals surface area contributed by atoms with Crippen molar-refractivity contribution in [1.82, 2.24) is 25.0 Å². The number of hydrogen-bond acceptors (Lipinski definition) is 7. The quantitative estimate of drug-likeness (QED) is 0.546. The second-order valence-corrected chi connectivity index (χ2v) is 7.05. The van der Waals surface area contributed by atoms with Crippen LogP contribution in [0.2, 0.25) is 5.02 Å². The van der Waals surface area contributed by atoms with E-state index in [1.54, 1.807) is 6.92 Å². The number of benzene rings is 1. The second-order valence-electron chi connectivity index (χ2n) is 6.65. The monoisotopic (exact) mass is 433 g/mol. The van der Waals surface area contributed by atoms with E-state index in [0.717, 1.165) is 0 Å². The van der Waals surface area contributed by atoms with Crippen molar-refractivity contribution in [3.05, 3.63) is 71.2 Å². The Hall–Kier alpha value is -3.73. The lowest BCUT2D eigenvalue weighted by atomic mass is 10.1. The number of aromatic amines is 2. The van der Waals surface area contributed by atoms with E-state index in [1.165, 1.54) is 18.2 Å². The van der Waals surface area contributed by atoms with E-state index in [1.807, 2.05) is 18.8 Å². The number of aromatic carboxylic acids is 1. The lowest BCUT2D eigenvalue weighted by Crippen LogP contribution is -2.35. The van der Waals surface area contributed by atoms with Crippen molar-refractivity contribution in [1.29, 1.82) is 0 Å². The fraction of sp³-hybridized carbons (Fsp3) is 0.222. The number of aromatic nitrogens is 5. The molecule has 0 saturated carbocycles. The molecule has 3 rings (SSSR count). The molecular weight excluding hydrogens is 418 g/mol. The van der Waals surface area contributed by atoms with Crippen LogP contribution >= 0.6 is 11.6 Å². The molecule has 0 atom stereocenters. The molecule has 0 aliphatic heterocycles. The van der Waals surface area contributed by atoms with Crippen molar-refractivity contribution in [2.24, 2.45) is 0 Å². The SMILES string of the molecule is Cc1cc(-n2nc(C(=O)O)c(=O)[nH]c2=O)cc(Cl)c1Oc1cc(C(C)C)c(=O)[nH]n1. The van der Waals surface area contributed by atoms with E-state index >= 15 is 0 Å². The molecular formula is C18H16ClN5O6. The minimum Gasteiger partial charge on any atom is -0.476 e. The number of nitrogens with zero attached hydrogens (tertiary/aromatic N) is 3. The molecule has 0 radical (unpaired) electrons. The van der Waals surface area contributed by atoms with Gasteiger partial charge in [-0.1, -0.05) is 25.4 Å². The molecule has 0 unspecified atom stereocenters. The van der Waals surface area contributed by atoms with Gasteiger partial charge < -0.3 is 9.84 Å². The Kier molecular flexibility index (Phi) is 5.56. The smallest absolute Gasteiger partial charge is 0.362 e. The Morgan fingerprint density at radius 3 is 2.50 bits per heavy atom. The van der Waals surface area contributed by atoms with Crippen LogP contribution in [-0.4, -0.2) is 36.0 Å². The van der Waals surface area contributed by atoms with Gasteiger partial charge in [0.2, 0.25) is 11.6 Å². The predicted molar refractivity (Wildman–Crippen MR) is 106 cm³/mol. The molecule has 12 heteroatoms. The van der Waals surface area contributed by atoms with Gasteiger partial charge in [0.1, 0.15) is 0 Å². The summed E-state index contributed by atoms with van der Waals surface area (Å²) in [6, 6.07) is 4.28. The number of ether oxygens (including phenoxy) is 1. The van der Waals surface area contributed by atoms with E-state index in [-0.39, 0.29) is 33.8 Å². The van der Waals surface area contributed by atoms with Crippen LogP contribution in [0.4, 0.5) is 0 Å². The van der Waals surface area contributed by atoms with E-state index in [0.29, 0.717) is 15.8 Å². The molecule has 0 amide bonds.